The summed E-state index contributed by atoms with van der Waals surface area (Å²) in [5, 5.41) is 0.594. The van der Waals surface area contributed by atoms with Gasteiger partial charge in [-0.15, -0.1) is 0 Å². The highest BCUT2D eigenvalue weighted by Gasteiger charge is 2.30. The predicted molar refractivity (Wildman–Crippen MR) is 89.2 cm³/mol. The van der Waals surface area contributed by atoms with Crippen molar-refractivity contribution in [3.8, 4) is 0 Å². The highest BCUT2D eigenvalue weighted by Crippen LogP contribution is 2.27. The molecule has 1 fully saturated rings. The van der Waals surface area contributed by atoms with Crippen LogP contribution in [0.3, 0.4) is 0 Å². The molecule has 0 N–H and O–H groups in total. The summed E-state index contributed by atoms with van der Waals surface area (Å²) < 4.78 is 0. The Kier molecular flexibility index (Phi) is 4.46. The minimum Gasteiger partial charge on any atom is -0.329 e. The topological polar surface area (TPSA) is 23.6 Å². The van der Waals surface area contributed by atoms with Gasteiger partial charge < -0.3 is 9.80 Å². The molecule has 0 spiro atoms. The van der Waals surface area contributed by atoms with E-state index < -0.39 is 0 Å². The van der Waals surface area contributed by atoms with E-state index in [2.05, 4.69) is 24.1 Å². The summed E-state index contributed by atoms with van der Waals surface area (Å²) in [6, 6.07) is 17.5. The van der Waals surface area contributed by atoms with E-state index >= 15 is 0 Å². The molecule has 3 nitrogen and oxygen atoms in total. The van der Waals surface area contributed by atoms with E-state index in [1.165, 1.54) is 5.56 Å². The lowest BCUT2D eigenvalue weighted by Crippen LogP contribution is -2.49. The average Bonchev–Trinajstić information content (AvgIpc) is 2.55. The van der Waals surface area contributed by atoms with Crippen LogP contribution in [0.15, 0.2) is 54.6 Å². The SMILES string of the molecule is CN1CCN(C(=O)c2cccc(Cl)c2)C(c2ccccc2)C1. The molecule has 1 unspecified atom stereocenters. The second-order valence-corrected chi connectivity index (χ2v) is 6.13. The number of carbonyl (C=O) groups excluding carboxylic acids is 1. The first kappa shape index (κ1) is 15.1. The largest absolute Gasteiger partial charge is 0.329 e. The van der Waals surface area contributed by atoms with Crippen LogP contribution in [0, 0.1) is 0 Å². The Bertz CT molecular complexity index is 659. The number of halogens is 1. The molecule has 0 aromatic heterocycles. The van der Waals surface area contributed by atoms with E-state index in [0.717, 1.165) is 19.6 Å². The van der Waals surface area contributed by atoms with Crippen molar-refractivity contribution in [2.45, 2.75) is 6.04 Å². The minimum atomic E-state index is 0.0458. The lowest BCUT2D eigenvalue weighted by atomic mass is 10.0. The van der Waals surface area contributed by atoms with Crippen LogP contribution in [-0.2, 0) is 0 Å². The smallest absolute Gasteiger partial charge is 0.254 e. The Morgan fingerprint density at radius 3 is 2.59 bits per heavy atom. The van der Waals surface area contributed by atoms with Crippen LogP contribution in [0.25, 0.3) is 0 Å². The van der Waals surface area contributed by atoms with Gasteiger partial charge in [0.1, 0.15) is 0 Å². The van der Waals surface area contributed by atoms with Crippen LogP contribution in [0.2, 0.25) is 5.02 Å². The van der Waals surface area contributed by atoms with Gasteiger partial charge in [-0.2, -0.15) is 0 Å². The van der Waals surface area contributed by atoms with E-state index in [0.29, 0.717) is 10.6 Å². The van der Waals surface area contributed by atoms with Crippen molar-refractivity contribution in [1.29, 1.82) is 0 Å². The van der Waals surface area contributed by atoms with Crippen LogP contribution < -0.4 is 0 Å². The quantitative estimate of drug-likeness (QED) is 0.847. The molecule has 1 aliphatic heterocycles. The molecule has 1 heterocycles. The summed E-state index contributed by atoms with van der Waals surface area (Å²) in [5.74, 6) is 0.0458. The maximum Gasteiger partial charge on any atom is 0.254 e. The van der Waals surface area contributed by atoms with E-state index in [1.807, 2.05) is 35.2 Å². The lowest BCUT2D eigenvalue weighted by molar-refractivity contribution is 0.0498. The fourth-order valence-corrected chi connectivity index (χ4v) is 3.10. The second kappa shape index (κ2) is 6.51. The van der Waals surface area contributed by atoms with Gasteiger partial charge in [0.15, 0.2) is 0 Å². The van der Waals surface area contributed by atoms with Crippen LogP contribution in [-0.4, -0.2) is 42.4 Å². The monoisotopic (exact) mass is 314 g/mol. The van der Waals surface area contributed by atoms with Gasteiger partial charge in [-0.05, 0) is 30.8 Å². The number of piperazine rings is 1. The first-order valence-corrected chi connectivity index (χ1v) is 7.83. The molecule has 0 saturated carbocycles. The molecule has 1 atom stereocenters. The van der Waals surface area contributed by atoms with E-state index in [4.69, 9.17) is 11.6 Å². The Hall–Kier alpha value is -1.84. The molecule has 0 bridgehead atoms. The van der Waals surface area contributed by atoms with Crippen molar-refractivity contribution < 1.29 is 4.79 Å². The second-order valence-electron chi connectivity index (χ2n) is 5.70. The molecule has 1 saturated heterocycles. The van der Waals surface area contributed by atoms with E-state index in [1.54, 1.807) is 12.1 Å². The van der Waals surface area contributed by atoms with Gasteiger partial charge in [-0.25, -0.2) is 0 Å². The van der Waals surface area contributed by atoms with Crippen molar-refractivity contribution in [3.05, 3.63) is 70.7 Å². The van der Waals surface area contributed by atoms with Gasteiger partial charge >= 0.3 is 0 Å². The van der Waals surface area contributed by atoms with Crippen molar-refractivity contribution in [1.82, 2.24) is 9.80 Å². The number of hydrogen-bond acceptors (Lipinski definition) is 2. The summed E-state index contributed by atoms with van der Waals surface area (Å²) in [6.07, 6.45) is 0. The fraction of sp³-hybridized carbons (Fsp3) is 0.278. The van der Waals surface area contributed by atoms with Crippen LogP contribution in [0.5, 0.6) is 0 Å². The Labute approximate surface area is 136 Å². The van der Waals surface area contributed by atoms with Gasteiger partial charge in [-0.1, -0.05) is 48.0 Å². The molecule has 2 aromatic carbocycles. The Balaban J connectivity index is 1.91. The number of nitrogens with zero attached hydrogens (tertiary/aromatic N) is 2. The van der Waals surface area contributed by atoms with Crippen molar-refractivity contribution in [2.24, 2.45) is 0 Å². The normalized spacial score (nSPS) is 19.2. The number of carbonyl (C=O) groups is 1. The number of hydrogen-bond donors (Lipinski definition) is 0. The first-order valence-electron chi connectivity index (χ1n) is 7.45. The molecular formula is C18H19ClN2O. The highest BCUT2D eigenvalue weighted by atomic mass is 35.5. The molecule has 2 aromatic rings. The van der Waals surface area contributed by atoms with Gasteiger partial charge in [0.25, 0.3) is 5.91 Å². The van der Waals surface area contributed by atoms with Gasteiger partial charge in [0.2, 0.25) is 0 Å². The zero-order chi connectivity index (χ0) is 15.5. The van der Waals surface area contributed by atoms with Crippen molar-refractivity contribution in [2.75, 3.05) is 26.7 Å². The maximum atomic E-state index is 12.9. The molecule has 22 heavy (non-hydrogen) atoms. The number of amides is 1. The summed E-state index contributed by atoms with van der Waals surface area (Å²) in [6.45, 7) is 2.45. The number of likely N-dealkylation sites (N-methyl/N-ethyl adjacent to an activating group) is 1. The minimum absolute atomic E-state index is 0.0458. The lowest BCUT2D eigenvalue weighted by Gasteiger charge is -2.40. The van der Waals surface area contributed by atoms with Gasteiger partial charge in [0, 0.05) is 30.2 Å². The molecule has 1 aliphatic rings. The number of rotatable bonds is 2. The molecule has 1 amide bonds. The Morgan fingerprint density at radius 2 is 1.86 bits per heavy atom. The third-order valence-corrected chi connectivity index (χ3v) is 4.34. The standard InChI is InChI=1S/C18H19ClN2O/c1-20-10-11-21(17(13-20)14-6-3-2-4-7-14)18(22)15-8-5-9-16(19)12-15/h2-9,12,17H,10-11,13H2,1H3. The molecule has 0 aliphatic carbocycles. The molecule has 4 heteroatoms. The van der Waals surface area contributed by atoms with E-state index in [9.17, 15) is 4.79 Å². The predicted octanol–water partition coefficient (Wildman–Crippen LogP) is 3.47. The fourth-order valence-electron chi connectivity index (χ4n) is 2.91. The summed E-state index contributed by atoms with van der Waals surface area (Å²) in [4.78, 5) is 17.1. The zero-order valence-electron chi connectivity index (χ0n) is 12.6. The van der Waals surface area contributed by atoms with E-state index in [-0.39, 0.29) is 11.9 Å². The highest BCUT2D eigenvalue weighted by molar-refractivity contribution is 6.30. The molecule has 0 radical (unpaired) electrons. The van der Waals surface area contributed by atoms with Gasteiger partial charge in [0.05, 0.1) is 6.04 Å². The maximum absolute atomic E-state index is 12.9. The van der Waals surface area contributed by atoms with Crippen LogP contribution in [0.4, 0.5) is 0 Å². The summed E-state index contributed by atoms with van der Waals surface area (Å²) in [7, 11) is 2.09. The zero-order valence-corrected chi connectivity index (χ0v) is 13.3. The first-order chi connectivity index (χ1) is 10.6. The third kappa shape index (κ3) is 3.16. The van der Waals surface area contributed by atoms with Gasteiger partial charge in [-0.3, -0.25) is 4.79 Å². The molecule has 114 valence electrons. The Morgan fingerprint density at radius 1 is 1.09 bits per heavy atom. The van der Waals surface area contributed by atoms with Crippen molar-refractivity contribution in [3.63, 3.8) is 0 Å². The molecule has 3 rings (SSSR count). The number of benzene rings is 2. The summed E-state index contributed by atoms with van der Waals surface area (Å²) >= 11 is 6.03. The molecular weight excluding hydrogens is 296 g/mol. The third-order valence-electron chi connectivity index (χ3n) is 4.10. The van der Waals surface area contributed by atoms with Crippen LogP contribution >= 0.6 is 11.6 Å². The van der Waals surface area contributed by atoms with Crippen molar-refractivity contribution >= 4 is 17.5 Å². The summed E-state index contributed by atoms with van der Waals surface area (Å²) in [5.41, 5.74) is 1.82. The van der Waals surface area contributed by atoms with Crippen LogP contribution in [0.1, 0.15) is 22.0 Å². The average molecular weight is 315 g/mol.